The molecule has 8 nitrogen and oxygen atoms in total. The molecule has 0 aliphatic carbocycles. The lowest BCUT2D eigenvalue weighted by Gasteiger charge is -2.25. The smallest absolute Gasteiger partial charge is 0.408 e. The van der Waals surface area contributed by atoms with Crippen molar-refractivity contribution in [3.63, 3.8) is 0 Å². The van der Waals surface area contributed by atoms with Crippen LogP contribution in [0.4, 0.5) is 4.79 Å². The van der Waals surface area contributed by atoms with Gasteiger partial charge < -0.3 is 19.5 Å². The average Bonchev–Trinajstić information content (AvgIpc) is 2.58. The van der Waals surface area contributed by atoms with Crippen LogP contribution in [0.15, 0.2) is 18.2 Å². The number of amides is 2. The molecular weight excluding hydrogens is 352 g/mol. The van der Waals surface area contributed by atoms with Crippen LogP contribution in [0.1, 0.15) is 45.7 Å². The third-order valence-corrected chi connectivity index (χ3v) is 3.58. The second-order valence-electron chi connectivity index (χ2n) is 6.82. The van der Waals surface area contributed by atoms with Crippen LogP contribution < -0.4 is 14.8 Å². The molecule has 0 heterocycles. The van der Waals surface area contributed by atoms with Gasteiger partial charge in [-0.1, -0.05) is 6.07 Å². The van der Waals surface area contributed by atoms with E-state index in [0.717, 1.165) is 5.06 Å². The van der Waals surface area contributed by atoms with E-state index in [1.54, 1.807) is 46.1 Å². The maximum Gasteiger partial charge on any atom is 0.408 e. The van der Waals surface area contributed by atoms with Crippen LogP contribution in [0.3, 0.4) is 0 Å². The van der Waals surface area contributed by atoms with Gasteiger partial charge in [-0.3, -0.25) is 9.63 Å². The SMILES string of the molecule is CCOc1cc(C(CC(=O)N(C)OC)NC(=O)OC(C)(C)C)ccc1OC. The van der Waals surface area contributed by atoms with E-state index in [1.807, 2.05) is 6.92 Å². The first-order valence-electron chi connectivity index (χ1n) is 8.72. The number of rotatable bonds is 8. The molecule has 8 heteroatoms. The molecule has 0 saturated heterocycles. The number of hydroxylamine groups is 2. The molecule has 1 unspecified atom stereocenters. The number of hydrogen-bond donors (Lipinski definition) is 1. The highest BCUT2D eigenvalue weighted by Gasteiger charge is 2.25. The lowest BCUT2D eigenvalue weighted by Crippen LogP contribution is -2.37. The number of nitrogens with one attached hydrogen (secondary N) is 1. The summed E-state index contributed by atoms with van der Waals surface area (Å²) >= 11 is 0. The Morgan fingerprint density at radius 1 is 1.19 bits per heavy atom. The molecule has 0 aliphatic rings. The molecule has 0 spiro atoms. The zero-order chi connectivity index (χ0) is 20.6. The molecule has 1 rings (SSSR count). The number of hydrogen-bond acceptors (Lipinski definition) is 6. The van der Waals surface area contributed by atoms with Crippen LogP contribution in [0.25, 0.3) is 0 Å². The average molecular weight is 382 g/mol. The van der Waals surface area contributed by atoms with Gasteiger partial charge in [-0.2, -0.15) is 0 Å². The number of alkyl carbamates (subject to hydrolysis) is 1. The molecule has 0 saturated carbocycles. The number of nitrogens with zero attached hydrogens (tertiary/aromatic N) is 1. The van der Waals surface area contributed by atoms with Crippen LogP contribution in [0, 0.1) is 0 Å². The third kappa shape index (κ3) is 7.34. The van der Waals surface area contributed by atoms with Gasteiger partial charge in [0.05, 0.1) is 33.3 Å². The van der Waals surface area contributed by atoms with Crippen LogP contribution in [-0.2, 0) is 14.4 Å². The number of benzene rings is 1. The van der Waals surface area contributed by atoms with Crippen molar-refractivity contribution >= 4 is 12.0 Å². The first-order chi connectivity index (χ1) is 12.6. The molecule has 0 aromatic heterocycles. The van der Waals surface area contributed by atoms with E-state index in [1.165, 1.54) is 14.2 Å². The van der Waals surface area contributed by atoms with E-state index in [9.17, 15) is 9.59 Å². The minimum atomic E-state index is -0.654. The maximum absolute atomic E-state index is 12.3. The van der Waals surface area contributed by atoms with E-state index >= 15 is 0 Å². The van der Waals surface area contributed by atoms with Crippen molar-refractivity contribution in [3.8, 4) is 11.5 Å². The minimum absolute atomic E-state index is 0.0124. The molecule has 2 amide bonds. The van der Waals surface area contributed by atoms with Gasteiger partial charge in [-0.15, -0.1) is 0 Å². The second kappa shape index (κ2) is 10.0. The van der Waals surface area contributed by atoms with Crippen molar-refractivity contribution in [2.75, 3.05) is 27.9 Å². The molecule has 0 aliphatic heterocycles. The Labute approximate surface area is 160 Å². The summed E-state index contributed by atoms with van der Waals surface area (Å²) in [6.45, 7) is 7.62. The molecule has 0 bridgehead atoms. The Hall–Kier alpha value is -2.48. The van der Waals surface area contributed by atoms with Crippen molar-refractivity contribution in [1.82, 2.24) is 10.4 Å². The summed E-state index contributed by atoms with van der Waals surface area (Å²) in [6, 6.07) is 4.61. The number of carbonyl (C=O) groups excluding carboxylic acids is 2. The molecule has 152 valence electrons. The predicted molar refractivity (Wildman–Crippen MR) is 101 cm³/mol. The molecule has 1 aromatic rings. The Morgan fingerprint density at radius 3 is 2.37 bits per heavy atom. The predicted octanol–water partition coefficient (Wildman–Crippen LogP) is 3.07. The molecule has 1 atom stereocenters. The summed E-state index contributed by atoms with van der Waals surface area (Å²) in [5, 5.41) is 3.85. The molecule has 1 aromatic carbocycles. The van der Waals surface area contributed by atoms with E-state index < -0.39 is 17.7 Å². The molecule has 0 radical (unpaired) electrons. The van der Waals surface area contributed by atoms with Crippen molar-refractivity contribution in [2.45, 2.75) is 45.8 Å². The summed E-state index contributed by atoms with van der Waals surface area (Å²) in [4.78, 5) is 29.5. The third-order valence-electron chi connectivity index (χ3n) is 3.58. The lowest BCUT2D eigenvalue weighted by molar-refractivity contribution is -0.169. The van der Waals surface area contributed by atoms with Crippen molar-refractivity contribution in [2.24, 2.45) is 0 Å². The molecule has 0 fully saturated rings. The maximum atomic E-state index is 12.3. The molecule has 27 heavy (non-hydrogen) atoms. The fourth-order valence-electron chi connectivity index (χ4n) is 2.29. The van der Waals surface area contributed by atoms with E-state index in [0.29, 0.717) is 23.7 Å². The lowest BCUT2D eigenvalue weighted by atomic mass is 10.0. The highest BCUT2D eigenvalue weighted by atomic mass is 16.7. The first kappa shape index (κ1) is 22.6. The topological polar surface area (TPSA) is 86.3 Å². The summed E-state index contributed by atoms with van der Waals surface area (Å²) < 4.78 is 16.2. The highest BCUT2D eigenvalue weighted by molar-refractivity contribution is 5.77. The Bertz CT molecular complexity index is 642. The Morgan fingerprint density at radius 2 is 1.85 bits per heavy atom. The number of carbonyl (C=O) groups is 2. The quantitative estimate of drug-likeness (QED) is 0.696. The minimum Gasteiger partial charge on any atom is -0.493 e. The van der Waals surface area contributed by atoms with Crippen molar-refractivity contribution in [3.05, 3.63) is 23.8 Å². The van der Waals surface area contributed by atoms with E-state index in [-0.39, 0.29) is 12.3 Å². The summed E-state index contributed by atoms with van der Waals surface area (Å²) in [7, 11) is 4.45. The van der Waals surface area contributed by atoms with Crippen LogP contribution in [0.2, 0.25) is 0 Å². The number of methoxy groups -OCH3 is 1. The van der Waals surface area contributed by atoms with Gasteiger partial charge in [0.2, 0.25) is 5.91 Å². The zero-order valence-corrected chi connectivity index (χ0v) is 17.1. The Balaban J connectivity index is 3.14. The summed E-state index contributed by atoms with van der Waals surface area (Å²) in [6.07, 6.45) is -0.629. The zero-order valence-electron chi connectivity index (χ0n) is 17.1. The van der Waals surface area contributed by atoms with Gasteiger partial charge in [0, 0.05) is 7.05 Å². The van der Waals surface area contributed by atoms with Gasteiger partial charge in [0.15, 0.2) is 11.5 Å². The van der Waals surface area contributed by atoms with E-state index in [2.05, 4.69) is 5.32 Å². The fraction of sp³-hybridized carbons (Fsp3) is 0.579. The van der Waals surface area contributed by atoms with Gasteiger partial charge in [0.1, 0.15) is 5.60 Å². The molecule has 1 N–H and O–H groups in total. The van der Waals surface area contributed by atoms with Gasteiger partial charge in [0.25, 0.3) is 0 Å². The van der Waals surface area contributed by atoms with Gasteiger partial charge in [-0.25, -0.2) is 9.86 Å². The normalized spacial score (nSPS) is 12.1. The van der Waals surface area contributed by atoms with Crippen molar-refractivity contribution < 1.29 is 28.6 Å². The Kier molecular flexibility index (Phi) is 8.36. The largest absolute Gasteiger partial charge is 0.493 e. The van der Waals surface area contributed by atoms with Gasteiger partial charge in [-0.05, 0) is 45.4 Å². The highest BCUT2D eigenvalue weighted by Crippen LogP contribution is 2.31. The fourth-order valence-corrected chi connectivity index (χ4v) is 2.29. The standard InChI is InChI=1S/C19H30N2O6/c1-8-26-16-11-13(9-10-15(16)24-6)14(12-17(22)21(5)25-7)20-18(23)27-19(2,3)4/h9-11,14H,8,12H2,1-7H3,(H,20,23). The van der Waals surface area contributed by atoms with Gasteiger partial charge >= 0.3 is 6.09 Å². The van der Waals surface area contributed by atoms with E-state index in [4.69, 9.17) is 19.0 Å². The van der Waals surface area contributed by atoms with Crippen LogP contribution in [-0.4, -0.2) is 50.5 Å². The first-order valence-corrected chi connectivity index (χ1v) is 8.72. The number of ether oxygens (including phenoxy) is 3. The molecular formula is C19H30N2O6. The summed E-state index contributed by atoms with van der Waals surface area (Å²) in [5.41, 5.74) is 0.0289. The van der Waals surface area contributed by atoms with Crippen molar-refractivity contribution in [1.29, 1.82) is 0 Å². The monoisotopic (exact) mass is 382 g/mol. The second-order valence-corrected chi connectivity index (χ2v) is 6.82. The summed E-state index contributed by atoms with van der Waals surface area (Å²) in [5.74, 6) is 0.797. The van der Waals surface area contributed by atoms with Crippen LogP contribution >= 0.6 is 0 Å². The van der Waals surface area contributed by atoms with Crippen LogP contribution in [0.5, 0.6) is 11.5 Å².